The molecule has 2 fully saturated rings. The fourth-order valence-corrected chi connectivity index (χ4v) is 11.0. The second-order valence-electron chi connectivity index (χ2n) is 21.8. The molecule has 2 heterocycles. The van der Waals surface area contributed by atoms with E-state index < -0.39 is 174 Å². The predicted molar refractivity (Wildman–Crippen MR) is 298 cm³/mol. The summed E-state index contributed by atoms with van der Waals surface area (Å²) in [7, 11) is -5.04. The monoisotopic (exact) mass is 1180 g/mol. The average molecular weight is 1180 g/mol. The summed E-state index contributed by atoms with van der Waals surface area (Å²) in [5.74, 6) is -6.31. The molecule has 14 atom stereocenters. The maximum atomic E-state index is 14.2. The van der Waals surface area contributed by atoms with Gasteiger partial charge in [0.1, 0.15) is 42.6 Å². The number of carbonyl (C=O) groups is 6. The molecule has 4 unspecified atom stereocenters. The second kappa shape index (κ2) is 41.6. The van der Waals surface area contributed by atoms with E-state index in [1.165, 1.54) is 32.1 Å². The second-order valence-corrected chi connectivity index (χ2v) is 23.5. The van der Waals surface area contributed by atoms with E-state index >= 15 is 0 Å². The first-order chi connectivity index (χ1) is 38.6. The summed E-state index contributed by atoms with van der Waals surface area (Å²) in [6, 6.07) is -3.30. The van der Waals surface area contributed by atoms with Crippen LogP contribution in [0, 0.1) is 5.92 Å². The number of amides is 2. The van der Waals surface area contributed by atoms with Gasteiger partial charge in [-0.1, -0.05) is 151 Å². The van der Waals surface area contributed by atoms with E-state index in [1.54, 1.807) is 27.7 Å². The van der Waals surface area contributed by atoms with Crippen LogP contribution in [0.4, 0.5) is 0 Å². The first-order valence-corrected chi connectivity index (χ1v) is 32.1. The minimum atomic E-state index is -5.04. The Morgan fingerprint density at radius 1 is 0.543 bits per heavy atom. The maximum Gasteiger partial charge on any atom is 0.326 e. The van der Waals surface area contributed by atoms with Crippen molar-refractivity contribution in [3.05, 3.63) is 0 Å². The topological polar surface area (TPSA) is 350 Å². The molecule has 0 aliphatic carbocycles. The van der Waals surface area contributed by atoms with Crippen molar-refractivity contribution >= 4 is 43.3 Å². The van der Waals surface area contributed by atoms with Crippen LogP contribution in [0.25, 0.3) is 0 Å². The number of hydrogen-bond acceptors (Lipinski definition) is 19. The summed E-state index contributed by atoms with van der Waals surface area (Å²) in [5.41, 5.74) is 0. The first-order valence-electron chi connectivity index (χ1n) is 30.3. The standard InChI is InChI=1S/C57H103N2O21P/c1-7-13-15-17-19-21-23-25-27-29-39(62)32-49(67)80-55-51(58-45(63)31-38(61)9-3)56(70)77-44(53(55)69)36-74-57-52(59-46(64)33-40(10-4)75-47(65)11-5)54(42(37-81(71,72)73)43(35-60)78-57)79-50(68)34-41(76-48(66)12-6)30-28-26-24-22-20-18-16-14-8-2/h38-44,51-57,60-62,69-70H,7-37H2,1-6H3,(H,58,63)(H,59,64)(H2,71,72,73)/t38-,39-,40-,41-,42-,43?,44?,51?,52?,53-,54+,55-,56-,57-/m1/s1. The number of carbonyl (C=O) groups excluding carboxylic acids is 6. The number of esters is 4. The number of rotatable bonds is 44. The van der Waals surface area contributed by atoms with Gasteiger partial charge < -0.3 is 79.1 Å². The number of nitrogens with one attached hydrogen (secondary N) is 2. The molecule has 23 nitrogen and oxygen atoms in total. The van der Waals surface area contributed by atoms with Crippen molar-refractivity contribution in [1.82, 2.24) is 10.6 Å². The van der Waals surface area contributed by atoms with E-state index in [-0.39, 0.29) is 38.5 Å². The highest BCUT2D eigenvalue weighted by Crippen LogP contribution is 2.43. The Morgan fingerprint density at radius 3 is 1.56 bits per heavy atom. The lowest BCUT2D eigenvalue weighted by atomic mass is 9.88. The lowest BCUT2D eigenvalue weighted by Gasteiger charge is -2.47. The molecule has 0 aromatic rings. The van der Waals surface area contributed by atoms with Crippen molar-refractivity contribution in [2.45, 2.75) is 301 Å². The molecule has 9 N–H and O–H groups in total. The molecule has 24 heteroatoms. The van der Waals surface area contributed by atoms with Gasteiger partial charge >= 0.3 is 31.5 Å². The molecule has 472 valence electrons. The molecule has 0 radical (unpaired) electrons. The van der Waals surface area contributed by atoms with Crippen LogP contribution in [-0.2, 0) is 66.5 Å². The molecule has 2 rings (SSSR count). The van der Waals surface area contributed by atoms with Gasteiger partial charge in [-0.25, -0.2) is 0 Å². The van der Waals surface area contributed by atoms with Gasteiger partial charge in [-0.2, -0.15) is 0 Å². The number of aliphatic hydroxyl groups is 5. The highest BCUT2D eigenvalue weighted by Gasteiger charge is 2.53. The lowest BCUT2D eigenvalue weighted by Crippen LogP contribution is -2.67. The Kier molecular flexibility index (Phi) is 37.9. The number of hydrogen-bond donors (Lipinski definition) is 9. The van der Waals surface area contributed by atoms with Crippen molar-refractivity contribution in [2.24, 2.45) is 5.92 Å². The minimum absolute atomic E-state index is 0.00309. The highest BCUT2D eigenvalue weighted by atomic mass is 31.2. The van der Waals surface area contributed by atoms with E-state index in [0.29, 0.717) is 12.8 Å². The summed E-state index contributed by atoms with van der Waals surface area (Å²) in [6.07, 6.45) is -0.0743. The molecule has 2 amide bonds. The average Bonchev–Trinajstić information content (AvgIpc) is 3.57. The SMILES string of the molecule is CCCCCCCCCCC[C@@H](O)CC(=O)O[C@@H]1C(NC(=O)C[C@H](O)CC)[C@H](O)OC(CO[C@@H]2OC(CO)[C@@H](CP(=O)(O)O)[C@H](OC(=O)C[C@@H](CCCCCCCCCCC)OC(=O)CC)C2NC(=O)C[C@@H](CC)OC(=O)CC)[C@H]1O. The molecule has 81 heavy (non-hydrogen) atoms. The van der Waals surface area contributed by atoms with E-state index in [1.807, 2.05) is 0 Å². The molecule has 0 aromatic carbocycles. The van der Waals surface area contributed by atoms with Gasteiger partial charge in [0.05, 0.1) is 63.4 Å². The zero-order chi connectivity index (χ0) is 60.3. The third-order valence-electron chi connectivity index (χ3n) is 14.8. The van der Waals surface area contributed by atoms with Gasteiger partial charge in [0.2, 0.25) is 11.8 Å². The van der Waals surface area contributed by atoms with Gasteiger partial charge in [-0.15, -0.1) is 0 Å². The van der Waals surface area contributed by atoms with Crippen LogP contribution in [-0.4, -0.2) is 170 Å². The van der Waals surface area contributed by atoms with E-state index in [4.69, 9.17) is 33.2 Å². The first kappa shape index (κ1) is 73.8. The predicted octanol–water partition coefficient (Wildman–Crippen LogP) is 5.97. The number of unbranched alkanes of at least 4 members (excludes halogenated alkanes) is 16. The molecule has 2 aliphatic rings. The molecule has 2 saturated heterocycles. The molecule has 0 spiro atoms. The minimum Gasteiger partial charge on any atom is -0.462 e. The van der Waals surface area contributed by atoms with Crippen LogP contribution in [0.1, 0.15) is 221 Å². The van der Waals surface area contributed by atoms with Crippen molar-refractivity contribution in [2.75, 3.05) is 19.4 Å². The number of aliphatic hydroxyl groups excluding tert-OH is 5. The van der Waals surface area contributed by atoms with Crippen molar-refractivity contribution < 1.29 is 102 Å². The largest absolute Gasteiger partial charge is 0.462 e. The van der Waals surface area contributed by atoms with Crippen molar-refractivity contribution in [1.29, 1.82) is 0 Å². The molecular weight excluding hydrogens is 1080 g/mol. The fourth-order valence-electron chi connectivity index (χ4n) is 9.99. The van der Waals surface area contributed by atoms with Gasteiger partial charge in [-0.05, 0) is 32.1 Å². The lowest BCUT2D eigenvalue weighted by molar-refractivity contribution is -0.293. The molecular formula is C57H103N2O21P. The summed E-state index contributed by atoms with van der Waals surface area (Å²) in [5, 5.41) is 60.2. The Balaban J connectivity index is 2.51. The van der Waals surface area contributed by atoms with Gasteiger partial charge in [-0.3, -0.25) is 33.3 Å². The van der Waals surface area contributed by atoms with Crippen molar-refractivity contribution in [3.63, 3.8) is 0 Å². The Hall–Kier alpha value is -3.35. The Labute approximate surface area is 480 Å². The van der Waals surface area contributed by atoms with Gasteiger partial charge in [0, 0.05) is 18.8 Å². The normalized spacial score (nSPS) is 24.5. The van der Waals surface area contributed by atoms with Crippen LogP contribution in [0.15, 0.2) is 0 Å². The van der Waals surface area contributed by atoms with Crippen LogP contribution >= 0.6 is 7.60 Å². The molecule has 2 aliphatic heterocycles. The van der Waals surface area contributed by atoms with E-state index in [0.717, 1.165) is 70.6 Å². The smallest absolute Gasteiger partial charge is 0.326 e. The van der Waals surface area contributed by atoms with Crippen LogP contribution in [0.2, 0.25) is 0 Å². The fraction of sp³-hybridized carbons (Fsp3) is 0.895. The number of ether oxygens (including phenoxy) is 7. The Bertz CT molecular complexity index is 1840. The zero-order valence-corrected chi connectivity index (χ0v) is 50.2. The summed E-state index contributed by atoms with van der Waals surface area (Å²) in [4.78, 5) is 100. The van der Waals surface area contributed by atoms with E-state index in [9.17, 15) is 68.7 Å². The van der Waals surface area contributed by atoms with Crippen LogP contribution in [0.5, 0.6) is 0 Å². The molecule has 0 bridgehead atoms. The summed E-state index contributed by atoms with van der Waals surface area (Å²) in [6.45, 7) is 9.05. The third-order valence-corrected chi connectivity index (χ3v) is 15.7. The van der Waals surface area contributed by atoms with Crippen LogP contribution < -0.4 is 10.6 Å². The quantitative estimate of drug-likeness (QED) is 0.0147. The highest BCUT2D eigenvalue weighted by molar-refractivity contribution is 7.51. The Morgan fingerprint density at radius 2 is 1.04 bits per heavy atom. The van der Waals surface area contributed by atoms with E-state index in [2.05, 4.69) is 24.5 Å². The third kappa shape index (κ3) is 30.3. The maximum absolute atomic E-state index is 14.2. The molecule has 0 saturated carbocycles. The van der Waals surface area contributed by atoms with Gasteiger partial charge in [0.15, 0.2) is 18.7 Å². The summed E-state index contributed by atoms with van der Waals surface area (Å²) < 4.78 is 53.6. The van der Waals surface area contributed by atoms with Crippen LogP contribution in [0.3, 0.4) is 0 Å². The zero-order valence-electron chi connectivity index (χ0n) is 49.3. The van der Waals surface area contributed by atoms with Crippen molar-refractivity contribution in [3.8, 4) is 0 Å². The summed E-state index contributed by atoms with van der Waals surface area (Å²) >= 11 is 0. The van der Waals surface area contributed by atoms with Gasteiger partial charge in [0.25, 0.3) is 0 Å². The molecule has 0 aromatic heterocycles.